The van der Waals surface area contributed by atoms with Crippen molar-refractivity contribution < 1.29 is 9.59 Å². The lowest BCUT2D eigenvalue weighted by atomic mass is 10.0. The highest BCUT2D eigenvalue weighted by atomic mass is 16.2. The molecule has 2 heterocycles. The average Bonchev–Trinajstić information content (AvgIpc) is 3.34. The van der Waals surface area contributed by atoms with Gasteiger partial charge in [-0.2, -0.15) is 0 Å². The number of rotatable bonds is 5. The van der Waals surface area contributed by atoms with Crippen molar-refractivity contribution in [2.45, 2.75) is 38.6 Å². The van der Waals surface area contributed by atoms with E-state index >= 15 is 0 Å². The molecule has 0 spiro atoms. The Morgan fingerprint density at radius 2 is 1.45 bits per heavy atom. The Kier molecular flexibility index (Phi) is 6.21. The monoisotopic (exact) mass is 415 g/mol. The Morgan fingerprint density at radius 1 is 0.871 bits per heavy atom. The normalized spacial score (nSPS) is 14.6. The van der Waals surface area contributed by atoms with Crippen LogP contribution in [0.2, 0.25) is 0 Å². The number of hydrogen-bond acceptors (Lipinski definition) is 2. The van der Waals surface area contributed by atoms with Crippen molar-refractivity contribution in [2.75, 3.05) is 13.1 Å². The molecule has 5 nitrogen and oxygen atoms in total. The van der Waals surface area contributed by atoms with Crippen molar-refractivity contribution in [1.29, 1.82) is 0 Å². The van der Waals surface area contributed by atoms with Gasteiger partial charge in [-0.1, -0.05) is 26.0 Å². The molecule has 1 aromatic heterocycles. The zero-order valence-electron chi connectivity index (χ0n) is 18.1. The topological polar surface area (TPSA) is 54.3 Å². The highest BCUT2D eigenvalue weighted by molar-refractivity contribution is 5.95. The lowest BCUT2D eigenvalue weighted by molar-refractivity contribution is 0.0698. The van der Waals surface area contributed by atoms with Gasteiger partial charge in [0.05, 0.1) is 0 Å². The van der Waals surface area contributed by atoms with Crippen LogP contribution in [0.3, 0.4) is 0 Å². The van der Waals surface area contributed by atoms with Gasteiger partial charge in [-0.3, -0.25) is 9.59 Å². The molecule has 0 radical (unpaired) electrons. The second-order valence-electron chi connectivity index (χ2n) is 8.45. The van der Waals surface area contributed by atoms with Crippen molar-refractivity contribution in [3.63, 3.8) is 0 Å². The molecule has 0 saturated carbocycles. The number of carbonyl (C=O) groups is 2. The zero-order valence-corrected chi connectivity index (χ0v) is 18.1. The fourth-order valence-electron chi connectivity index (χ4n) is 3.98. The lowest BCUT2D eigenvalue weighted by Crippen LogP contribution is -2.46. The molecule has 1 aliphatic rings. The summed E-state index contributed by atoms with van der Waals surface area (Å²) in [6, 6.07) is 19.5. The van der Waals surface area contributed by atoms with Gasteiger partial charge in [0.2, 0.25) is 0 Å². The van der Waals surface area contributed by atoms with Crippen molar-refractivity contribution in [3.05, 3.63) is 89.7 Å². The van der Waals surface area contributed by atoms with Crippen LogP contribution in [0, 0.1) is 0 Å². The summed E-state index contributed by atoms with van der Waals surface area (Å²) in [7, 11) is 0. The van der Waals surface area contributed by atoms with Crippen LogP contribution in [0.15, 0.2) is 73.1 Å². The molecule has 2 amide bonds. The van der Waals surface area contributed by atoms with Crippen LogP contribution < -0.4 is 5.32 Å². The number of amides is 2. The van der Waals surface area contributed by atoms with E-state index in [1.54, 1.807) is 0 Å². The Labute approximate surface area is 183 Å². The summed E-state index contributed by atoms with van der Waals surface area (Å²) < 4.78 is 2.01. The zero-order chi connectivity index (χ0) is 21.8. The second kappa shape index (κ2) is 9.21. The Morgan fingerprint density at radius 3 is 2.03 bits per heavy atom. The number of aromatic nitrogens is 1. The molecule has 1 N–H and O–H groups in total. The van der Waals surface area contributed by atoms with Crippen molar-refractivity contribution in [2.24, 2.45) is 0 Å². The van der Waals surface area contributed by atoms with E-state index in [0.717, 1.165) is 18.5 Å². The van der Waals surface area contributed by atoms with Crippen LogP contribution in [0.5, 0.6) is 0 Å². The average molecular weight is 416 g/mol. The van der Waals surface area contributed by atoms with Gasteiger partial charge in [-0.15, -0.1) is 0 Å². The quantitative estimate of drug-likeness (QED) is 0.660. The molecule has 0 unspecified atom stereocenters. The van der Waals surface area contributed by atoms with Gasteiger partial charge in [0, 0.05) is 48.3 Å². The van der Waals surface area contributed by atoms with Crippen LogP contribution in [0.25, 0.3) is 5.69 Å². The maximum Gasteiger partial charge on any atom is 0.253 e. The van der Waals surface area contributed by atoms with Crippen LogP contribution >= 0.6 is 0 Å². The molecular formula is C26H29N3O2. The van der Waals surface area contributed by atoms with Crippen LogP contribution in [-0.4, -0.2) is 40.4 Å². The first-order chi connectivity index (χ1) is 15.0. The summed E-state index contributed by atoms with van der Waals surface area (Å²) >= 11 is 0. The van der Waals surface area contributed by atoms with E-state index in [9.17, 15) is 9.59 Å². The predicted octanol–water partition coefficient (Wildman–Crippen LogP) is 4.64. The third-order valence-electron chi connectivity index (χ3n) is 5.97. The molecule has 1 saturated heterocycles. The highest BCUT2D eigenvalue weighted by Gasteiger charge is 2.25. The highest BCUT2D eigenvalue weighted by Crippen LogP contribution is 2.18. The SMILES string of the molecule is CC(C)c1ccc(C(=O)NC2CCN(C(=O)c3ccc(-n4cccc4)cc3)CC2)cc1. The molecule has 160 valence electrons. The molecule has 5 heteroatoms. The van der Waals surface area contributed by atoms with Gasteiger partial charge in [0.15, 0.2) is 0 Å². The third kappa shape index (κ3) is 4.88. The number of nitrogens with zero attached hydrogens (tertiary/aromatic N) is 2. The molecule has 3 aromatic rings. The molecule has 0 atom stereocenters. The summed E-state index contributed by atoms with van der Waals surface area (Å²) in [6.07, 6.45) is 5.50. The Hall–Kier alpha value is -3.34. The third-order valence-corrected chi connectivity index (χ3v) is 5.97. The molecule has 1 aliphatic heterocycles. The van der Waals surface area contributed by atoms with Crippen LogP contribution in [-0.2, 0) is 0 Å². The largest absolute Gasteiger partial charge is 0.349 e. The van der Waals surface area contributed by atoms with E-state index in [-0.39, 0.29) is 17.9 Å². The van der Waals surface area contributed by atoms with E-state index in [1.807, 2.05) is 82.5 Å². The number of likely N-dealkylation sites (tertiary alicyclic amines) is 1. The summed E-state index contributed by atoms with van der Waals surface area (Å²) in [5, 5.41) is 3.13. The van der Waals surface area contributed by atoms with Crippen LogP contribution in [0.1, 0.15) is 58.9 Å². The van der Waals surface area contributed by atoms with Gasteiger partial charge in [-0.05, 0) is 72.9 Å². The minimum Gasteiger partial charge on any atom is -0.349 e. The van der Waals surface area contributed by atoms with Gasteiger partial charge in [0.1, 0.15) is 0 Å². The van der Waals surface area contributed by atoms with E-state index < -0.39 is 0 Å². The maximum atomic E-state index is 12.9. The predicted molar refractivity (Wildman–Crippen MR) is 123 cm³/mol. The molecule has 0 aliphatic carbocycles. The number of nitrogens with one attached hydrogen (secondary N) is 1. The van der Waals surface area contributed by atoms with Crippen molar-refractivity contribution >= 4 is 11.8 Å². The van der Waals surface area contributed by atoms with Gasteiger partial charge in [-0.25, -0.2) is 0 Å². The standard InChI is InChI=1S/C26H29N3O2/c1-19(2)20-5-7-21(8-6-20)25(30)27-23-13-17-29(18-14-23)26(31)22-9-11-24(12-10-22)28-15-3-4-16-28/h3-12,15-16,19,23H,13-14,17-18H2,1-2H3,(H,27,30). The number of hydrogen-bond donors (Lipinski definition) is 1. The number of benzene rings is 2. The summed E-state index contributed by atoms with van der Waals surface area (Å²) in [6.45, 7) is 5.58. The number of piperidine rings is 1. The number of carbonyl (C=O) groups excluding carboxylic acids is 2. The first-order valence-corrected chi connectivity index (χ1v) is 10.9. The molecule has 4 rings (SSSR count). The van der Waals surface area contributed by atoms with Gasteiger partial charge < -0.3 is 14.8 Å². The first kappa shape index (κ1) is 20.9. The van der Waals surface area contributed by atoms with Gasteiger partial charge in [0.25, 0.3) is 11.8 Å². The molecule has 1 fully saturated rings. The van der Waals surface area contributed by atoms with Gasteiger partial charge >= 0.3 is 0 Å². The molecule has 2 aromatic carbocycles. The fraction of sp³-hybridized carbons (Fsp3) is 0.308. The summed E-state index contributed by atoms with van der Waals surface area (Å²) in [5.41, 5.74) is 3.64. The Balaban J connectivity index is 1.30. The van der Waals surface area contributed by atoms with E-state index in [4.69, 9.17) is 0 Å². The summed E-state index contributed by atoms with van der Waals surface area (Å²) in [5.74, 6) is 0.456. The molecule has 0 bridgehead atoms. The fourth-order valence-corrected chi connectivity index (χ4v) is 3.98. The van der Waals surface area contributed by atoms with Crippen molar-refractivity contribution in [1.82, 2.24) is 14.8 Å². The summed E-state index contributed by atoms with van der Waals surface area (Å²) in [4.78, 5) is 27.3. The molecule has 31 heavy (non-hydrogen) atoms. The van der Waals surface area contributed by atoms with Crippen molar-refractivity contribution in [3.8, 4) is 5.69 Å². The first-order valence-electron chi connectivity index (χ1n) is 10.9. The van der Waals surface area contributed by atoms with E-state index in [1.165, 1.54) is 5.56 Å². The smallest absolute Gasteiger partial charge is 0.253 e. The van der Waals surface area contributed by atoms with E-state index in [0.29, 0.717) is 30.1 Å². The molecular weight excluding hydrogens is 386 g/mol. The van der Waals surface area contributed by atoms with E-state index in [2.05, 4.69) is 19.2 Å². The second-order valence-corrected chi connectivity index (χ2v) is 8.45. The minimum atomic E-state index is -0.0410. The minimum absolute atomic E-state index is 0.0410. The Bertz CT molecular complexity index is 1010. The maximum absolute atomic E-state index is 12.9. The van der Waals surface area contributed by atoms with Crippen LogP contribution in [0.4, 0.5) is 0 Å². The lowest BCUT2D eigenvalue weighted by Gasteiger charge is -2.32.